The second kappa shape index (κ2) is 6.73. The van der Waals surface area contributed by atoms with Crippen molar-refractivity contribution < 1.29 is 8.42 Å². The van der Waals surface area contributed by atoms with E-state index >= 15 is 0 Å². The third-order valence-electron chi connectivity index (χ3n) is 3.52. The molecule has 0 aliphatic rings. The lowest BCUT2D eigenvalue weighted by Crippen LogP contribution is -2.26. The highest BCUT2D eigenvalue weighted by Crippen LogP contribution is 2.20. The molecule has 1 aromatic carbocycles. The minimum Gasteiger partial charge on any atom is -0.335 e. The Balaban J connectivity index is 1.64. The predicted molar refractivity (Wildman–Crippen MR) is 88.8 cm³/mol. The van der Waals surface area contributed by atoms with Gasteiger partial charge in [-0.1, -0.05) is 13.0 Å². The van der Waals surface area contributed by atoms with Gasteiger partial charge in [-0.25, -0.2) is 18.1 Å². The smallest absolute Gasteiger partial charge is 0.242 e. The molecule has 1 N–H and O–H groups in total. The maximum atomic E-state index is 12.4. The molecule has 0 saturated heterocycles. The highest BCUT2D eigenvalue weighted by Gasteiger charge is 2.18. The first-order chi connectivity index (χ1) is 11.1. The van der Waals surface area contributed by atoms with Crippen LogP contribution >= 0.6 is 11.7 Å². The van der Waals surface area contributed by atoms with E-state index in [4.69, 9.17) is 0 Å². The molecule has 122 valence electrons. The normalized spacial score (nSPS) is 12.0. The number of hydrogen-bond acceptors (Lipinski definition) is 6. The Labute approximate surface area is 138 Å². The quantitative estimate of drug-likeness (QED) is 0.656. The predicted octanol–water partition coefficient (Wildman–Crippen LogP) is 1.82. The van der Waals surface area contributed by atoms with Crippen molar-refractivity contribution in [3.63, 3.8) is 0 Å². The molecule has 0 spiro atoms. The molecule has 0 aliphatic heterocycles. The number of benzene rings is 1. The second-order valence-corrected chi connectivity index (χ2v) is 7.29. The number of aromatic nitrogens is 4. The molecule has 3 aromatic rings. The number of hydrogen-bond donors (Lipinski definition) is 1. The van der Waals surface area contributed by atoms with E-state index in [0.717, 1.165) is 30.5 Å². The zero-order valence-corrected chi connectivity index (χ0v) is 14.3. The fraction of sp³-hybridized carbons (Fsp3) is 0.357. The molecule has 3 rings (SSSR count). The molecule has 0 saturated carbocycles. The monoisotopic (exact) mass is 351 g/mol. The van der Waals surface area contributed by atoms with Crippen LogP contribution in [-0.2, 0) is 23.0 Å². The number of rotatable bonds is 7. The van der Waals surface area contributed by atoms with Gasteiger partial charge in [0.25, 0.3) is 0 Å². The van der Waals surface area contributed by atoms with Crippen molar-refractivity contribution in [2.75, 3.05) is 6.54 Å². The summed E-state index contributed by atoms with van der Waals surface area (Å²) in [6.07, 6.45) is 5.22. The first-order valence-electron chi connectivity index (χ1n) is 7.33. The van der Waals surface area contributed by atoms with E-state index in [0.29, 0.717) is 24.0 Å². The average molecular weight is 351 g/mol. The minimum absolute atomic E-state index is 0.181. The van der Waals surface area contributed by atoms with Crippen LogP contribution in [0.4, 0.5) is 0 Å². The molecule has 2 heterocycles. The van der Waals surface area contributed by atoms with Gasteiger partial charge in [0, 0.05) is 31.9 Å². The molecule has 7 nitrogen and oxygen atoms in total. The van der Waals surface area contributed by atoms with Crippen LogP contribution in [0.5, 0.6) is 0 Å². The molecule has 0 bridgehead atoms. The van der Waals surface area contributed by atoms with Crippen LogP contribution in [0, 0.1) is 0 Å². The molecule has 0 aliphatic carbocycles. The first-order valence-corrected chi connectivity index (χ1v) is 9.54. The van der Waals surface area contributed by atoms with Crippen molar-refractivity contribution >= 4 is 32.8 Å². The number of imidazole rings is 1. The summed E-state index contributed by atoms with van der Waals surface area (Å²) in [5, 5.41) is 0. The van der Waals surface area contributed by atoms with Gasteiger partial charge in [0.15, 0.2) is 0 Å². The molecule has 0 radical (unpaired) electrons. The van der Waals surface area contributed by atoms with Crippen LogP contribution in [0.3, 0.4) is 0 Å². The molecule has 0 atom stereocenters. The van der Waals surface area contributed by atoms with E-state index in [9.17, 15) is 8.42 Å². The summed E-state index contributed by atoms with van der Waals surface area (Å²) in [6, 6.07) is 4.98. The van der Waals surface area contributed by atoms with Gasteiger partial charge < -0.3 is 4.57 Å². The van der Waals surface area contributed by atoms with Gasteiger partial charge in [-0.2, -0.15) is 8.75 Å². The first kappa shape index (κ1) is 16.0. The number of aryl methyl sites for hydroxylation is 2. The Kier molecular flexibility index (Phi) is 4.69. The van der Waals surface area contributed by atoms with Gasteiger partial charge in [0.2, 0.25) is 10.0 Å². The molecule has 23 heavy (non-hydrogen) atoms. The highest BCUT2D eigenvalue weighted by molar-refractivity contribution is 7.89. The summed E-state index contributed by atoms with van der Waals surface area (Å²) in [5.74, 6) is 1.01. The highest BCUT2D eigenvalue weighted by atomic mass is 32.2. The summed E-state index contributed by atoms with van der Waals surface area (Å²) in [4.78, 5) is 4.43. The second-order valence-electron chi connectivity index (χ2n) is 5.03. The van der Waals surface area contributed by atoms with E-state index < -0.39 is 10.0 Å². The molecule has 0 fully saturated rings. The van der Waals surface area contributed by atoms with Crippen molar-refractivity contribution in [2.24, 2.45) is 0 Å². The molecule has 2 aromatic heterocycles. The van der Waals surface area contributed by atoms with E-state index in [1.165, 1.54) is 0 Å². The number of fused-ring (bicyclic) bond motifs is 1. The van der Waals surface area contributed by atoms with Gasteiger partial charge in [0.05, 0.1) is 11.7 Å². The molecule has 9 heteroatoms. The topological polar surface area (TPSA) is 89.8 Å². The number of nitrogens with one attached hydrogen (secondary N) is 1. The van der Waals surface area contributed by atoms with Crippen molar-refractivity contribution in [1.82, 2.24) is 23.0 Å². The van der Waals surface area contributed by atoms with Crippen molar-refractivity contribution in [2.45, 2.75) is 31.2 Å². The van der Waals surface area contributed by atoms with Crippen LogP contribution in [0.15, 0.2) is 35.5 Å². The Bertz CT molecular complexity index is 901. The number of sulfonamides is 1. The number of nitrogens with zero attached hydrogens (tertiary/aromatic N) is 4. The van der Waals surface area contributed by atoms with Crippen molar-refractivity contribution in [1.29, 1.82) is 0 Å². The summed E-state index contributed by atoms with van der Waals surface area (Å²) in [5.41, 5.74) is 1.02. The molecule has 0 amide bonds. The fourth-order valence-corrected chi connectivity index (χ4v) is 4.23. The Morgan fingerprint density at radius 3 is 3.00 bits per heavy atom. The van der Waals surface area contributed by atoms with E-state index in [1.807, 2.05) is 17.7 Å². The van der Waals surface area contributed by atoms with Gasteiger partial charge in [-0.15, -0.1) is 0 Å². The van der Waals surface area contributed by atoms with Crippen LogP contribution < -0.4 is 4.72 Å². The molecular formula is C14H17N5O2S2. The lowest BCUT2D eigenvalue weighted by Gasteiger charge is -2.09. The zero-order chi connectivity index (χ0) is 16.3. The van der Waals surface area contributed by atoms with Crippen molar-refractivity contribution in [3.05, 3.63) is 36.4 Å². The van der Waals surface area contributed by atoms with Crippen LogP contribution in [-0.4, -0.2) is 33.3 Å². The van der Waals surface area contributed by atoms with E-state index in [2.05, 4.69) is 18.5 Å². The minimum atomic E-state index is -3.58. The Hall–Kier alpha value is -1.84. The third-order valence-corrected chi connectivity index (χ3v) is 5.56. The van der Waals surface area contributed by atoms with E-state index in [-0.39, 0.29) is 4.90 Å². The lowest BCUT2D eigenvalue weighted by atomic mass is 10.3. The van der Waals surface area contributed by atoms with Gasteiger partial charge in [0.1, 0.15) is 21.8 Å². The van der Waals surface area contributed by atoms with Gasteiger partial charge >= 0.3 is 0 Å². The Morgan fingerprint density at radius 1 is 1.30 bits per heavy atom. The van der Waals surface area contributed by atoms with Crippen LogP contribution in [0.25, 0.3) is 11.0 Å². The third kappa shape index (κ3) is 3.41. The largest absolute Gasteiger partial charge is 0.335 e. The van der Waals surface area contributed by atoms with E-state index in [1.54, 1.807) is 24.4 Å². The summed E-state index contributed by atoms with van der Waals surface area (Å²) >= 11 is 1.01. The lowest BCUT2D eigenvalue weighted by molar-refractivity contribution is 0.566. The maximum absolute atomic E-state index is 12.4. The van der Waals surface area contributed by atoms with Crippen LogP contribution in [0.2, 0.25) is 0 Å². The summed E-state index contributed by atoms with van der Waals surface area (Å²) in [6.45, 7) is 3.13. The zero-order valence-electron chi connectivity index (χ0n) is 12.6. The fourth-order valence-electron chi connectivity index (χ4n) is 2.39. The maximum Gasteiger partial charge on any atom is 0.242 e. The van der Waals surface area contributed by atoms with Gasteiger partial charge in [-0.3, -0.25) is 0 Å². The Morgan fingerprint density at radius 2 is 2.17 bits per heavy atom. The standard InChI is InChI=1S/C14H17N5O2S2/c1-2-13-15-8-10-19(13)9-4-7-16-23(20,21)12-6-3-5-11-14(12)18-22-17-11/h3,5-6,8,10,16H,2,4,7,9H2,1H3. The molecular weight excluding hydrogens is 334 g/mol. The SMILES string of the molecule is CCc1nccn1CCCNS(=O)(=O)c1cccc2nsnc12. The van der Waals surface area contributed by atoms with Crippen LogP contribution in [0.1, 0.15) is 19.2 Å². The summed E-state index contributed by atoms with van der Waals surface area (Å²) < 4.78 is 37.7. The average Bonchev–Trinajstić information content (AvgIpc) is 3.19. The summed E-state index contributed by atoms with van der Waals surface area (Å²) in [7, 11) is -3.58. The van der Waals surface area contributed by atoms with Gasteiger partial charge in [-0.05, 0) is 18.6 Å². The molecule has 0 unspecified atom stereocenters. The van der Waals surface area contributed by atoms with Crippen molar-refractivity contribution in [3.8, 4) is 0 Å².